The van der Waals surface area contributed by atoms with Crippen LogP contribution in [0.25, 0.3) is 5.69 Å². The van der Waals surface area contributed by atoms with Crippen molar-refractivity contribution in [2.75, 3.05) is 25.6 Å². The Kier molecular flexibility index (Phi) is 5.32. The summed E-state index contributed by atoms with van der Waals surface area (Å²) in [4.78, 5) is 16.4. The first-order valence-corrected chi connectivity index (χ1v) is 7.63. The number of aromatic nitrogens is 4. The predicted octanol–water partition coefficient (Wildman–Crippen LogP) is 1.94. The number of hydrogen-bond acceptors (Lipinski definition) is 6. The third kappa shape index (κ3) is 4.39. The lowest BCUT2D eigenvalue weighted by Crippen LogP contribution is -2.12. The quantitative estimate of drug-likeness (QED) is 0.662. The van der Waals surface area contributed by atoms with Gasteiger partial charge < -0.3 is 14.8 Å². The summed E-state index contributed by atoms with van der Waals surface area (Å²) in [6.07, 6.45) is 3.09. The second-order valence-corrected chi connectivity index (χ2v) is 5.06. The number of rotatable bonds is 7. The van der Waals surface area contributed by atoms with Gasteiger partial charge in [-0.05, 0) is 18.2 Å². The average Bonchev–Trinajstić information content (AvgIpc) is 3.14. The van der Waals surface area contributed by atoms with E-state index in [1.54, 1.807) is 30.1 Å². The van der Waals surface area contributed by atoms with Gasteiger partial charge >= 0.3 is 0 Å². The summed E-state index contributed by atoms with van der Waals surface area (Å²) in [5, 5.41) is 10.6. The summed E-state index contributed by atoms with van der Waals surface area (Å²) in [6, 6.07) is 12.8. The van der Waals surface area contributed by atoms with Gasteiger partial charge in [0.15, 0.2) is 5.69 Å². The fourth-order valence-electron chi connectivity index (χ4n) is 2.04. The van der Waals surface area contributed by atoms with Gasteiger partial charge in [-0.15, -0.1) is 5.10 Å². The number of hydrogen-bond donors (Lipinski definition) is 1. The SMILES string of the molecule is COCCOc1ccc(NC(=O)c2cn(-c3ccccc3)nn2)cn1. The van der Waals surface area contributed by atoms with Gasteiger partial charge in [0.05, 0.1) is 30.4 Å². The minimum Gasteiger partial charge on any atom is -0.475 e. The number of para-hydroxylation sites is 1. The molecule has 0 aliphatic carbocycles. The Labute approximate surface area is 144 Å². The van der Waals surface area contributed by atoms with Crippen molar-refractivity contribution in [2.24, 2.45) is 0 Å². The van der Waals surface area contributed by atoms with E-state index >= 15 is 0 Å². The molecule has 0 saturated heterocycles. The molecule has 0 unspecified atom stereocenters. The topological polar surface area (TPSA) is 91.2 Å². The Bertz CT molecular complexity index is 818. The highest BCUT2D eigenvalue weighted by molar-refractivity contribution is 6.02. The first-order chi connectivity index (χ1) is 12.3. The lowest BCUT2D eigenvalue weighted by atomic mass is 10.3. The lowest BCUT2D eigenvalue weighted by Gasteiger charge is -2.06. The van der Waals surface area contributed by atoms with Crippen LogP contribution < -0.4 is 10.1 Å². The molecule has 1 N–H and O–H groups in total. The Morgan fingerprint density at radius 1 is 1.16 bits per heavy atom. The lowest BCUT2D eigenvalue weighted by molar-refractivity contribution is 0.102. The summed E-state index contributed by atoms with van der Waals surface area (Å²) in [6.45, 7) is 0.898. The van der Waals surface area contributed by atoms with Gasteiger partial charge in [0.25, 0.3) is 5.91 Å². The zero-order valence-corrected chi connectivity index (χ0v) is 13.6. The standard InChI is InChI=1S/C17H17N5O3/c1-24-9-10-25-16-8-7-13(11-18-16)19-17(23)15-12-22(21-20-15)14-5-3-2-4-6-14/h2-8,11-12H,9-10H2,1H3,(H,19,23). The highest BCUT2D eigenvalue weighted by Crippen LogP contribution is 2.13. The van der Waals surface area contributed by atoms with E-state index in [1.165, 1.54) is 6.20 Å². The third-order valence-electron chi connectivity index (χ3n) is 3.28. The van der Waals surface area contributed by atoms with Crippen LogP contribution in [0.2, 0.25) is 0 Å². The smallest absolute Gasteiger partial charge is 0.277 e. The van der Waals surface area contributed by atoms with Gasteiger partial charge in [-0.3, -0.25) is 4.79 Å². The first-order valence-electron chi connectivity index (χ1n) is 7.63. The van der Waals surface area contributed by atoms with E-state index in [-0.39, 0.29) is 11.6 Å². The summed E-state index contributed by atoms with van der Waals surface area (Å²) in [5.74, 6) is 0.0992. The molecule has 8 nitrogen and oxygen atoms in total. The zero-order valence-electron chi connectivity index (χ0n) is 13.6. The summed E-state index contributed by atoms with van der Waals surface area (Å²) in [5.41, 5.74) is 1.58. The van der Waals surface area contributed by atoms with Crippen LogP contribution >= 0.6 is 0 Å². The number of pyridine rings is 1. The highest BCUT2D eigenvalue weighted by atomic mass is 16.5. The van der Waals surface area contributed by atoms with Gasteiger partial charge in [-0.25, -0.2) is 9.67 Å². The molecule has 0 atom stereocenters. The van der Waals surface area contributed by atoms with Gasteiger partial charge in [-0.1, -0.05) is 23.4 Å². The molecule has 0 bridgehead atoms. The van der Waals surface area contributed by atoms with Crippen LogP contribution in [0.4, 0.5) is 5.69 Å². The minimum absolute atomic E-state index is 0.212. The molecule has 2 aromatic heterocycles. The van der Waals surface area contributed by atoms with E-state index in [2.05, 4.69) is 20.6 Å². The Morgan fingerprint density at radius 3 is 2.72 bits per heavy atom. The molecule has 0 spiro atoms. The molecule has 0 fully saturated rings. The second kappa shape index (κ2) is 8.02. The Hall–Kier alpha value is -3.26. The van der Waals surface area contributed by atoms with E-state index in [0.29, 0.717) is 24.8 Å². The number of nitrogens with zero attached hydrogens (tertiary/aromatic N) is 4. The fraction of sp³-hybridized carbons (Fsp3) is 0.176. The van der Waals surface area contributed by atoms with Crippen molar-refractivity contribution in [3.05, 3.63) is 60.6 Å². The van der Waals surface area contributed by atoms with E-state index in [9.17, 15) is 4.79 Å². The third-order valence-corrected chi connectivity index (χ3v) is 3.28. The Morgan fingerprint density at radius 2 is 2.00 bits per heavy atom. The molecular formula is C17H17N5O3. The number of benzene rings is 1. The minimum atomic E-state index is -0.364. The van der Waals surface area contributed by atoms with Crippen molar-refractivity contribution < 1.29 is 14.3 Å². The highest BCUT2D eigenvalue weighted by Gasteiger charge is 2.12. The molecule has 1 aromatic carbocycles. The van der Waals surface area contributed by atoms with Gasteiger partial charge in [-0.2, -0.15) is 0 Å². The number of carbonyl (C=O) groups is 1. The van der Waals surface area contributed by atoms with Crippen LogP contribution in [0.3, 0.4) is 0 Å². The molecule has 0 aliphatic rings. The molecule has 128 valence electrons. The van der Waals surface area contributed by atoms with E-state index < -0.39 is 0 Å². The van der Waals surface area contributed by atoms with Crippen LogP contribution in [0.1, 0.15) is 10.5 Å². The van der Waals surface area contributed by atoms with E-state index in [0.717, 1.165) is 5.69 Å². The summed E-state index contributed by atoms with van der Waals surface area (Å²) >= 11 is 0. The molecule has 2 heterocycles. The number of ether oxygens (including phenoxy) is 2. The largest absolute Gasteiger partial charge is 0.475 e. The normalized spacial score (nSPS) is 10.4. The molecule has 0 aliphatic heterocycles. The summed E-state index contributed by atoms with van der Waals surface area (Å²) in [7, 11) is 1.60. The zero-order chi connectivity index (χ0) is 17.5. The van der Waals surface area contributed by atoms with Crippen LogP contribution in [-0.2, 0) is 4.74 Å². The molecule has 1 amide bonds. The maximum Gasteiger partial charge on any atom is 0.277 e. The average molecular weight is 339 g/mol. The fourth-order valence-corrected chi connectivity index (χ4v) is 2.04. The number of carbonyl (C=O) groups excluding carboxylic acids is 1. The molecule has 25 heavy (non-hydrogen) atoms. The summed E-state index contributed by atoms with van der Waals surface area (Å²) < 4.78 is 11.8. The van der Waals surface area contributed by atoms with Crippen LogP contribution in [0, 0.1) is 0 Å². The van der Waals surface area contributed by atoms with Crippen molar-refractivity contribution in [2.45, 2.75) is 0 Å². The maximum absolute atomic E-state index is 12.3. The number of anilines is 1. The second-order valence-electron chi connectivity index (χ2n) is 5.06. The van der Waals surface area contributed by atoms with Gasteiger partial charge in [0, 0.05) is 13.2 Å². The van der Waals surface area contributed by atoms with Gasteiger partial charge in [0.2, 0.25) is 5.88 Å². The Balaban J connectivity index is 1.61. The first kappa shape index (κ1) is 16.6. The molecule has 3 aromatic rings. The van der Waals surface area contributed by atoms with E-state index in [4.69, 9.17) is 9.47 Å². The molecule has 8 heteroatoms. The number of methoxy groups -OCH3 is 1. The van der Waals surface area contributed by atoms with Gasteiger partial charge in [0.1, 0.15) is 6.61 Å². The monoisotopic (exact) mass is 339 g/mol. The van der Waals surface area contributed by atoms with Crippen molar-refractivity contribution in [3.8, 4) is 11.6 Å². The van der Waals surface area contributed by atoms with Crippen LogP contribution in [0.5, 0.6) is 5.88 Å². The molecular weight excluding hydrogens is 322 g/mol. The molecule has 3 rings (SSSR count). The van der Waals surface area contributed by atoms with Crippen molar-refractivity contribution >= 4 is 11.6 Å². The molecule has 0 radical (unpaired) electrons. The van der Waals surface area contributed by atoms with Crippen LogP contribution in [0.15, 0.2) is 54.9 Å². The van der Waals surface area contributed by atoms with Crippen molar-refractivity contribution in [1.82, 2.24) is 20.0 Å². The number of nitrogens with one attached hydrogen (secondary N) is 1. The van der Waals surface area contributed by atoms with Crippen molar-refractivity contribution in [1.29, 1.82) is 0 Å². The van der Waals surface area contributed by atoms with Crippen molar-refractivity contribution in [3.63, 3.8) is 0 Å². The maximum atomic E-state index is 12.3. The van der Waals surface area contributed by atoms with Crippen LogP contribution in [-0.4, -0.2) is 46.2 Å². The van der Waals surface area contributed by atoms with E-state index in [1.807, 2.05) is 30.3 Å². The predicted molar refractivity (Wildman–Crippen MR) is 90.9 cm³/mol. The number of amides is 1. The molecule has 0 saturated carbocycles.